The van der Waals surface area contributed by atoms with Gasteiger partial charge in [0.15, 0.2) is 0 Å². The Hall–Kier alpha value is -2.12. The maximum atomic E-state index is 14.0. The van der Waals surface area contributed by atoms with Gasteiger partial charge in [-0.25, -0.2) is 12.8 Å². The quantitative estimate of drug-likeness (QED) is 0.898. The molecule has 2 N–H and O–H groups in total. The minimum atomic E-state index is -4.04. The molecule has 3 rings (SSSR count). The number of aliphatic hydroxyl groups excluding tert-OH is 1. The fourth-order valence-corrected chi connectivity index (χ4v) is 3.91. The average molecular weight is 337 g/mol. The largest absolute Gasteiger partial charge is 0.489 e. The van der Waals surface area contributed by atoms with Gasteiger partial charge < -0.3 is 9.84 Å². The molecule has 0 amide bonds. The van der Waals surface area contributed by atoms with Gasteiger partial charge in [-0.3, -0.25) is 4.72 Å². The summed E-state index contributed by atoms with van der Waals surface area (Å²) in [5, 5.41) is 9.27. The Balaban J connectivity index is 2.04. The van der Waals surface area contributed by atoms with Gasteiger partial charge in [-0.1, -0.05) is 24.3 Å². The van der Waals surface area contributed by atoms with Crippen molar-refractivity contribution in [3.63, 3.8) is 0 Å². The standard InChI is InChI=1S/C16H16FNO4S/c1-10-8-11-4-3-7-14(16(11)22-10)23(20,21)18-15-12(9-19)5-2-6-13(15)17/h2-7,10,18-19H,8-9H2,1H3. The second kappa shape index (κ2) is 5.82. The first-order valence-electron chi connectivity index (χ1n) is 7.12. The van der Waals surface area contributed by atoms with Gasteiger partial charge in [0.1, 0.15) is 22.6 Å². The van der Waals surface area contributed by atoms with Crippen LogP contribution in [0.4, 0.5) is 10.1 Å². The van der Waals surface area contributed by atoms with Gasteiger partial charge in [0.25, 0.3) is 10.0 Å². The number of sulfonamides is 1. The zero-order chi connectivity index (χ0) is 16.6. The average Bonchev–Trinajstić information content (AvgIpc) is 2.88. The van der Waals surface area contributed by atoms with Crippen LogP contribution < -0.4 is 9.46 Å². The molecule has 0 saturated heterocycles. The van der Waals surface area contributed by atoms with Crippen molar-refractivity contribution in [2.75, 3.05) is 4.72 Å². The van der Waals surface area contributed by atoms with Gasteiger partial charge in [0.05, 0.1) is 12.3 Å². The number of nitrogens with one attached hydrogen (secondary N) is 1. The van der Waals surface area contributed by atoms with Crippen molar-refractivity contribution in [2.24, 2.45) is 0 Å². The first-order valence-corrected chi connectivity index (χ1v) is 8.60. The molecule has 1 unspecified atom stereocenters. The Labute approximate surface area is 133 Å². The normalized spacial score (nSPS) is 16.7. The molecule has 122 valence electrons. The van der Waals surface area contributed by atoms with Crippen molar-refractivity contribution in [2.45, 2.75) is 31.0 Å². The van der Waals surface area contributed by atoms with Crippen LogP contribution in [0, 0.1) is 5.82 Å². The molecule has 2 aromatic carbocycles. The molecule has 0 bridgehead atoms. The Morgan fingerprint density at radius 2 is 2.04 bits per heavy atom. The Morgan fingerprint density at radius 3 is 2.78 bits per heavy atom. The van der Waals surface area contributed by atoms with E-state index < -0.39 is 22.4 Å². The molecule has 1 aliphatic rings. The lowest BCUT2D eigenvalue weighted by atomic mass is 10.1. The van der Waals surface area contributed by atoms with Crippen molar-refractivity contribution in [1.29, 1.82) is 0 Å². The predicted molar refractivity (Wildman–Crippen MR) is 83.4 cm³/mol. The van der Waals surface area contributed by atoms with Crippen LogP contribution in [-0.2, 0) is 23.1 Å². The molecule has 1 heterocycles. The molecule has 23 heavy (non-hydrogen) atoms. The number of para-hydroxylation sites is 2. The molecule has 1 aliphatic heterocycles. The number of ether oxygens (including phenoxy) is 1. The van der Waals surface area contributed by atoms with E-state index in [1.807, 2.05) is 6.92 Å². The Morgan fingerprint density at radius 1 is 1.30 bits per heavy atom. The zero-order valence-electron chi connectivity index (χ0n) is 12.4. The summed E-state index contributed by atoms with van der Waals surface area (Å²) in [5.41, 5.74) is 0.713. The van der Waals surface area contributed by atoms with E-state index in [-0.39, 0.29) is 22.3 Å². The van der Waals surface area contributed by atoms with Gasteiger partial charge in [-0.2, -0.15) is 0 Å². The molecule has 1 atom stereocenters. The summed E-state index contributed by atoms with van der Waals surface area (Å²) in [4.78, 5) is -0.0357. The van der Waals surface area contributed by atoms with Crippen molar-refractivity contribution in [3.05, 3.63) is 53.3 Å². The lowest BCUT2D eigenvalue weighted by Crippen LogP contribution is -2.17. The number of aliphatic hydroxyl groups is 1. The number of benzene rings is 2. The predicted octanol–water partition coefficient (Wildman–Crippen LogP) is 2.44. The molecule has 0 aliphatic carbocycles. The molecule has 2 aromatic rings. The van der Waals surface area contributed by atoms with E-state index in [0.29, 0.717) is 12.2 Å². The van der Waals surface area contributed by atoms with Crippen LogP contribution in [0.3, 0.4) is 0 Å². The molecular weight excluding hydrogens is 321 g/mol. The molecule has 0 saturated carbocycles. The number of hydrogen-bond donors (Lipinski definition) is 2. The first-order chi connectivity index (χ1) is 10.9. The minimum absolute atomic E-state index is 0.0357. The van der Waals surface area contributed by atoms with Crippen molar-refractivity contribution in [3.8, 4) is 5.75 Å². The van der Waals surface area contributed by atoms with E-state index in [9.17, 15) is 17.9 Å². The Bertz CT molecular complexity index is 851. The van der Waals surface area contributed by atoms with E-state index in [0.717, 1.165) is 11.6 Å². The summed E-state index contributed by atoms with van der Waals surface area (Å²) in [6.45, 7) is 1.38. The molecular formula is C16H16FNO4S. The summed E-state index contributed by atoms with van der Waals surface area (Å²) in [5.74, 6) is -0.448. The highest BCUT2D eigenvalue weighted by Crippen LogP contribution is 2.36. The first kappa shape index (κ1) is 15.8. The lowest BCUT2D eigenvalue weighted by Gasteiger charge is -2.14. The van der Waals surface area contributed by atoms with Crippen molar-refractivity contribution >= 4 is 15.7 Å². The van der Waals surface area contributed by atoms with E-state index in [4.69, 9.17) is 4.74 Å². The summed E-state index contributed by atoms with van der Waals surface area (Å²) in [6, 6.07) is 8.84. The van der Waals surface area contributed by atoms with Gasteiger partial charge in [-0.15, -0.1) is 0 Å². The SMILES string of the molecule is CC1Cc2cccc(S(=O)(=O)Nc3c(F)cccc3CO)c2O1. The van der Waals surface area contributed by atoms with Crippen LogP contribution in [0.25, 0.3) is 0 Å². The maximum absolute atomic E-state index is 14.0. The zero-order valence-corrected chi connectivity index (χ0v) is 13.2. The van der Waals surface area contributed by atoms with E-state index in [1.54, 1.807) is 12.1 Å². The summed E-state index contributed by atoms with van der Waals surface area (Å²) >= 11 is 0. The topological polar surface area (TPSA) is 75.6 Å². The third-order valence-corrected chi connectivity index (χ3v) is 5.06. The third kappa shape index (κ3) is 2.89. The van der Waals surface area contributed by atoms with Crippen LogP contribution in [0.5, 0.6) is 5.75 Å². The second-order valence-electron chi connectivity index (χ2n) is 5.41. The Kier molecular flexibility index (Phi) is 3.99. The summed E-state index contributed by atoms with van der Waals surface area (Å²) in [6.07, 6.45) is 0.517. The van der Waals surface area contributed by atoms with E-state index in [2.05, 4.69) is 4.72 Å². The highest BCUT2D eigenvalue weighted by Gasteiger charge is 2.29. The molecule has 0 fully saturated rings. The van der Waals surface area contributed by atoms with Crippen LogP contribution >= 0.6 is 0 Å². The fraction of sp³-hybridized carbons (Fsp3) is 0.250. The number of hydrogen-bond acceptors (Lipinski definition) is 4. The van der Waals surface area contributed by atoms with E-state index in [1.165, 1.54) is 18.2 Å². The van der Waals surface area contributed by atoms with Crippen LogP contribution in [0.2, 0.25) is 0 Å². The molecule has 0 spiro atoms. The highest BCUT2D eigenvalue weighted by atomic mass is 32.2. The maximum Gasteiger partial charge on any atom is 0.265 e. The molecule has 0 aromatic heterocycles. The van der Waals surface area contributed by atoms with Crippen LogP contribution in [0.1, 0.15) is 18.1 Å². The molecule has 5 nitrogen and oxygen atoms in total. The second-order valence-corrected chi connectivity index (χ2v) is 7.07. The molecule has 0 radical (unpaired) electrons. The van der Waals surface area contributed by atoms with Crippen molar-refractivity contribution in [1.82, 2.24) is 0 Å². The smallest absolute Gasteiger partial charge is 0.265 e. The monoisotopic (exact) mass is 337 g/mol. The van der Waals surface area contributed by atoms with Gasteiger partial charge in [0.2, 0.25) is 0 Å². The number of fused-ring (bicyclic) bond motifs is 1. The highest BCUT2D eigenvalue weighted by molar-refractivity contribution is 7.92. The fourth-order valence-electron chi connectivity index (χ4n) is 2.62. The number of anilines is 1. The third-order valence-electron chi connectivity index (χ3n) is 3.68. The number of halogens is 1. The lowest BCUT2D eigenvalue weighted by molar-refractivity contribution is 0.249. The summed E-state index contributed by atoms with van der Waals surface area (Å²) in [7, 11) is -4.04. The van der Waals surface area contributed by atoms with E-state index >= 15 is 0 Å². The van der Waals surface area contributed by atoms with Gasteiger partial charge >= 0.3 is 0 Å². The van der Waals surface area contributed by atoms with Crippen molar-refractivity contribution < 1.29 is 22.7 Å². The van der Waals surface area contributed by atoms with Gasteiger partial charge in [0, 0.05) is 12.0 Å². The van der Waals surface area contributed by atoms with Crippen LogP contribution in [-0.4, -0.2) is 19.6 Å². The molecule has 7 heteroatoms. The van der Waals surface area contributed by atoms with Crippen LogP contribution in [0.15, 0.2) is 41.3 Å². The summed E-state index contributed by atoms with van der Waals surface area (Å²) < 4.78 is 47.1. The van der Waals surface area contributed by atoms with Gasteiger partial charge in [-0.05, 0) is 24.6 Å². The number of rotatable bonds is 4. The minimum Gasteiger partial charge on any atom is -0.489 e.